The topological polar surface area (TPSA) is 112 Å². The number of phenols is 1. The van der Waals surface area contributed by atoms with Crippen LogP contribution in [0.2, 0.25) is 0 Å². The van der Waals surface area contributed by atoms with Crippen molar-refractivity contribution < 1.29 is 24.5 Å². The molecule has 3 N–H and O–H groups in total. The largest absolute Gasteiger partial charge is 0.504 e. The summed E-state index contributed by atoms with van der Waals surface area (Å²) in [6, 6.07) is 13.1. The third kappa shape index (κ3) is 5.36. The molecule has 0 saturated heterocycles. The van der Waals surface area contributed by atoms with Gasteiger partial charge in [-0.25, -0.2) is 4.79 Å². The summed E-state index contributed by atoms with van der Waals surface area (Å²) in [6.07, 6.45) is -0.932. The number of aliphatic hydroxyl groups excluding tert-OH is 1. The van der Waals surface area contributed by atoms with Crippen molar-refractivity contribution in [3.05, 3.63) is 53.6 Å². The van der Waals surface area contributed by atoms with Gasteiger partial charge in [0.05, 0.1) is 18.7 Å². The van der Waals surface area contributed by atoms with E-state index in [0.29, 0.717) is 29.0 Å². The van der Waals surface area contributed by atoms with Crippen LogP contribution >= 0.6 is 0 Å². The van der Waals surface area contributed by atoms with E-state index in [1.807, 2.05) is 13.0 Å². The number of carbonyl (C=O) groups excluding carboxylic acids is 1. The molecule has 0 aliphatic carbocycles. The lowest BCUT2D eigenvalue weighted by atomic mass is 9.94. The third-order valence-electron chi connectivity index (χ3n) is 4.13. The fourth-order valence-corrected chi connectivity index (χ4v) is 2.64. The quantitative estimate of drug-likeness (QED) is 0.687. The van der Waals surface area contributed by atoms with Crippen LogP contribution in [-0.2, 0) is 4.74 Å². The minimum absolute atomic E-state index is 0.0552. The minimum atomic E-state index is -0.676. The van der Waals surface area contributed by atoms with Gasteiger partial charge in [-0.3, -0.25) is 5.32 Å². The Morgan fingerprint density at radius 3 is 2.52 bits per heavy atom. The summed E-state index contributed by atoms with van der Waals surface area (Å²) < 4.78 is 10.6. The van der Waals surface area contributed by atoms with Gasteiger partial charge in [0.2, 0.25) is 0 Å². The highest BCUT2D eigenvalue weighted by Gasteiger charge is 2.24. The Kier molecular flexibility index (Phi) is 7.03. The SMILES string of the molecule is COc1ccc([C@@H](OC(=O)Nc2ccc(C#N)cc2)[C@H](C)CCO)cc1O. The van der Waals surface area contributed by atoms with Crippen LogP contribution in [0.3, 0.4) is 0 Å². The van der Waals surface area contributed by atoms with Crippen molar-refractivity contribution in [1.29, 1.82) is 5.26 Å². The molecule has 7 nitrogen and oxygen atoms in total. The van der Waals surface area contributed by atoms with Gasteiger partial charge in [0, 0.05) is 12.3 Å². The second-order valence-corrected chi connectivity index (χ2v) is 6.06. The minimum Gasteiger partial charge on any atom is -0.504 e. The maximum atomic E-state index is 12.3. The van der Waals surface area contributed by atoms with Gasteiger partial charge >= 0.3 is 6.09 Å². The van der Waals surface area contributed by atoms with E-state index >= 15 is 0 Å². The number of benzene rings is 2. The Morgan fingerprint density at radius 1 is 1.26 bits per heavy atom. The summed E-state index contributed by atoms with van der Waals surface area (Å²) in [6.45, 7) is 1.79. The van der Waals surface area contributed by atoms with Crippen LogP contribution in [0, 0.1) is 17.2 Å². The highest BCUT2D eigenvalue weighted by Crippen LogP contribution is 2.34. The van der Waals surface area contributed by atoms with Crippen LogP contribution < -0.4 is 10.1 Å². The molecule has 0 saturated carbocycles. The van der Waals surface area contributed by atoms with Crippen LogP contribution in [0.15, 0.2) is 42.5 Å². The van der Waals surface area contributed by atoms with Crippen LogP contribution in [0.25, 0.3) is 0 Å². The summed E-state index contributed by atoms with van der Waals surface area (Å²) >= 11 is 0. The van der Waals surface area contributed by atoms with Gasteiger partial charge in [-0.15, -0.1) is 0 Å². The molecule has 0 aliphatic rings. The number of hydrogen-bond acceptors (Lipinski definition) is 6. The normalized spacial score (nSPS) is 12.5. The van der Waals surface area contributed by atoms with Crippen molar-refractivity contribution in [3.8, 4) is 17.6 Å². The molecule has 0 bridgehead atoms. The number of anilines is 1. The lowest BCUT2D eigenvalue weighted by Crippen LogP contribution is -2.22. The predicted octanol–water partition coefficient (Wildman–Crippen LogP) is 3.58. The standard InChI is InChI=1S/C20H22N2O5/c1-13(9-10-23)19(15-5-8-18(26-2)17(24)11-15)27-20(25)22-16-6-3-14(12-21)4-7-16/h3-8,11,13,19,23-24H,9-10H2,1-2H3,(H,22,25)/t13-,19+/m1/s1. The molecule has 0 heterocycles. The molecule has 0 spiro atoms. The number of nitrogens with one attached hydrogen (secondary N) is 1. The van der Waals surface area contributed by atoms with Crippen molar-refractivity contribution >= 4 is 11.8 Å². The number of ether oxygens (including phenoxy) is 2. The summed E-state index contributed by atoms with van der Waals surface area (Å²) in [7, 11) is 1.45. The van der Waals surface area contributed by atoms with E-state index in [-0.39, 0.29) is 18.3 Å². The van der Waals surface area contributed by atoms with Gasteiger partial charge in [0.15, 0.2) is 11.5 Å². The van der Waals surface area contributed by atoms with Crippen molar-refractivity contribution in [2.24, 2.45) is 5.92 Å². The Hall–Kier alpha value is -3.24. The zero-order chi connectivity index (χ0) is 19.8. The number of amides is 1. The van der Waals surface area contributed by atoms with E-state index in [1.165, 1.54) is 13.2 Å². The molecule has 2 aromatic rings. The van der Waals surface area contributed by atoms with Crippen LogP contribution in [0.4, 0.5) is 10.5 Å². The third-order valence-corrected chi connectivity index (χ3v) is 4.13. The maximum Gasteiger partial charge on any atom is 0.412 e. The molecule has 2 rings (SSSR count). The number of rotatable bonds is 7. The Labute approximate surface area is 157 Å². The first-order valence-corrected chi connectivity index (χ1v) is 8.44. The highest BCUT2D eigenvalue weighted by atomic mass is 16.6. The van der Waals surface area contributed by atoms with E-state index in [1.54, 1.807) is 36.4 Å². The van der Waals surface area contributed by atoms with Crippen LogP contribution in [-0.4, -0.2) is 30.0 Å². The van der Waals surface area contributed by atoms with Crippen molar-refractivity contribution in [1.82, 2.24) is 0 Å². The van der Waals surface area contributed by atoms with Crippen LogP contribution in [0.5, 0.6) is 11.5 Å². The number of methoxy groups -OCH3 is 1. The average molecular weight is 370 g/mol. The second-order valence-electron chi connectivity index (χ2n) is 6.06. The van der Waals surface area contributed by atoms with Gasteiger partial charge in [0.25, 0.3) is 0 Å². The predicted molar refractivity (Wildman–Crippen MR) is 99.5 cm³/mol. The van der Waals surface area contributed by atoms with E-state index < -0.39 is 12.2 Å². The Morgan fingerprint density at radius 2 is 1.96 bits per heavy atom. The number of nitriles is 1. The molecular formula is C20H22N2O5. The van der Waals surface area contributed by atoms with Crippen molar-refractivity contribution in [2.75, 3.05) is 19.0 Å². The molecule has 2 atom stereocenters. The first-order valence-electron chi connectivity index (χ1n) is 8.44. The van der Waals surface area contributed by atoms with Crippen LogP contribution in [0.1, 0.15) is 30.6 Å². The summed E-state index contributed by atoms with van der Waals surface area (Å²) in [4.78, 5) is 12.3. The van der Waals surface area contributed by atoms with Crippen molar-refractivity contribution in [3.63, 3.8) is 0 Å². The van der Waals surface area contributed by atoms with E-state index in [0.717, 1.165) is 0 Å². The first-order chi connectivity index (χ1) is 13.0. The molecular weight excluding hydrogens is 348 g/mol. The van der Waals surface area contributed by atoms with Crippen molar-refractivity contribution in [2.45, 2.75) is 19.4 Å². The van der Waals surface area contributed by atoms with E-state index in [9.17, 15) is 15.0 Å². The fourth-order valence-electron chi connectivity index (χ4n) is 2.64. The highest BCUT2D eigenvalue weighted by molar-refractivity contribution is 5.84. The Bertz CT molecular complexity index is 814. The molecule has 7 heteroatoms. The number of phenolic OH excluding ortho intramolecular Hbond substituents is 1. The average Bonchev–Trinajstić information content (AvgIpc) is 2.66. The second kappa shape index (κ2) is 9.46. The van der Waals surface area contributed by atoms with E-state index in [2.05, 4.69) is 5.32 Å². The Balaban J connectivity index is 2.17. The smallest absolute Gasteiger partial charge is 0.412 e. The number of carbonyl (C=O) groups is 1. The number of nitrogens with zero attached hydrogens (tertiary/aromatic N) is 1. The van der Waals surface area contributed by atoms with Gasteiger partial charge < -0.3 is 19.7 Å². The number of hydrogen-bond donors (Lipinski definition) is 3. The zero-order valence-corrected chi connectivity index (χ0v) is 15.2. The monoisotopic (exact) mass is 370 g/mol. The lowest BCUT2D eigenvalue weighted by molar-refractivity contribution is 0.0666. The van der Waals surface area contributed by atoms with E-state index in [4.69, 9.17) is 14.7 Å². The summed E-state index contributed by atoms with van der Waals surface area (Å²) in [5, 5.41) is 30.7. The van der Waals surface area contributed by atoms with Gasteiger partial charge in [-0.2, -0.15) is 5.26 Å². The molecule has 27 heavy (non-hydrogen) atoms. The fraction of sp³-hybridized carbons (Fsp3) is 0.300. The molecule has 0 unspecified atom stereocenters. The van der Waals surface area contributed by atoms with Gasteiger partial charge in [-0.1, -0.05) is 13.0 Å². The summed E-state index contributed by atoms with van der Waals surface area (Å²) in [5.74, 6) is 0.0659. The van der Waals surface area contributed by atoms with Gasteiger partial charge in [0.1, 0.15) is 6.10 Å². The molecule has 142 valence electrons. The summed E-state index contributed by atoms with van der Waals surface area (Å²) in [5.41, 5.74) is 1.56. The molecule has 0 aromatic heterocycles. The molecule has 0 aliphatic heterocycles. The molecule has 2 aromatic carbocycles. The first kappa shape index (κ1) is 20.1. The number of aliphatic hydroxyl groups is 1. The molecule has 0 fully saturated rings. The molecule has 0 radical (unpaired) electrons. The van der Waals surface area contributed by atoms with Gasteiger partial charge in [-0.05, 0) is 54.3 Å². The zero-order valence-electron chi connectivity index (χ0n) is 15.2. The number of aromatic hydroxyl groups is 1. The molecule has 1 amide bonds. The maximum absolute atomic E-state index is 12.3. The lowest BCUT2D eigenvalue weighted by Gasteiger charge is -2.24.